The van der Waals surface area contributed by atoms with Gasteiger partial charge in [-0.2, -0.15) is 0 Å². The molecule has 2 amide bonds. The number of nitrogens with zero attached hydrogens (tertiary/aromatic N) is 1. The van der Waals surface area contributed by atoms with Crippen molar-refractivity contribution in [1.82, 2.24) is 4.90 Å². The standard InChI is InChI=1S/C15H19ClN2O3/c1-10-4-2-3-7-18(10)14(19)9-21-13-8-11(16)5-6-12(13)15(17)20/h5-6,8,10H,2-4,7,9H2,1H3,(H2,17,20)/t10-/m1/s1. The zero-order valence-electron chi connectivity index (χ0n) is 12.0. The lowest BCUT2D eigenvalue weighted by Crippen LogP contribution is -2.44. The SMILES string of the molecule is C[C@@H]1CCCCN1C(=O)COc1cc(Cl)ccc1C(N)=O. The number of primary amides is 1. The van der Waals surface area contributed by atoms with Crippen molar-refractivity contribution in [1.29, 1.82) is 0 Å². The molecular weight excluding hydrogens is 292 g/mol. The summed E-state index contributed by atoms with van der Waals surface area (Å²) in [6.45, 7) is 2.66. The smallest absolute Gasteiger partial charge is 0.260 e. The number of carbonyl (C=O) groups excluding carboxylic acids is 2. The Kier molecular flexibility index (Phi) is 5.07. The number of amides is 2. The topological polar surface area (TPSA) is 72.6 Å². The van der Waals surface area contributed by atoms with Crippen molar-refractivity contribution in [3.63, 3.8) is 0 Å². The molecule has 2 N–H and O–H groups in total. The maximum absolute atomic E-state index is 12.2. The van der Waals surface area contributed by atoms with E-state index in [0.717, 1.165) is 25.8 Å². The minimum absolute atomic E-state index is 0.0856. The Morgan fingerprint density at radius 1 is 1.43 bits per heavy atom. The molecule has 0 aliphatic carbocycles. The number of piperidine rings is 1. The number of ether oxygens (including phenoxy) is 1. The third-order valence-corrected chi connectivity index (χ3v) is 3.92. The second-order valence-corrected chi connectivity index (χ2v) is 5.66. The maximum Gasteiger partial charge on any atom is 0.260 e. The van der Waals surface area contributed by atoms with E-state index in [2.05, 4.69) is 0 Å². The number of carbonyl (C=O) groups is 2. The van der Waals surface area contributed by atoms with E-state index in [1.54, 1.807) is 6.07 Å². The van der Waals surface area contributed by atoms with Crippen LogP contribution >= 0.6 is 11.6 Å². The first-order chi connectivity index (χ1) is 9.99. The van der Waals surface area contributed by atoms with Gasteiger partial charge in [0.15, 0.2) is 6.61 Å². The summed E-state index contributed by atoms with van der Waals surface area (Å²) in [6.07, 6.45) is 3.17. The maximum atomic E-state index is 12.2. The Morgan fingerprint density at radius 3 is 2.86 bits per heavy atom. The van der Waals surface area contributed by atoms with Crippen LogP contribution in [-0.4, -0.2) is 35.9 Å². The van der Waals surface area contributed by atoms with E-state index < -0.39 is 5.91 Å². The molecule has 1 aliphatic rings. The van der Waals surface area contributed by atoms with Crippen molar-refractivity contribution in [2.75, 3.05) is 13.2 Å². The lowest BCUT2D eigenvalue weighted by molar-refractivity contribution is -0.136. The molecular formula is C15H19ClN2O3. The Hall–Kier alpha value is -1.75. The molecule has 0 aromatic heterocycles. The molecule has 0 bridgehead atoms. The van der Waals surface area contributed by atoms with Crippen molar-refractivity contribution >= 4 is 23.4 Å². The van der Waals surface area contributed by atoms with Crippen LogP contribution in [0.5, 0.6) is 5.75 Å². The van der Waals surface area contributed by atoms with Crippen LogP contribution in [0, 0.1) is 0 Å². The number of likely N-dealkylation sites (tertiary alicyclic amines) is 1. The first kappa shape index (κ1) is 15.6. The number of hydrogen-bond donors (Lipinski definition) is 1. The molecule has 114 valence electrons. The molecule has 0 saturated carbocycles. The van der Waals surface area contributed by atoms with Gasteiger partial charge in [0.1, 0.15) is 5.75 Å². The van der Waals surface area contributed by atoms with Gasteiger partial charge in [0.25, 0.3) is 11.8 Å². The van der Waals surface area contributed by atoms with Gasteiger partial charge in [0, 0.05) is 17.6 Å². The van der Waals surface area contributed by atoms with Crippen LogP contribution in [0.25, 0.3) is 0 Å². The summed E-state index contributed by atoms with van der Waals surface area (Å²) < 4.78 is 5.47. The van der Waals surface area contributed by atoms with Gasteiger partial charge in [-0.3, -0.25) is 9.59 Å². The van der Waals surface area contributed by atoms with Crippen molar-refractivity contribution < 1.29 is 14.3 Å². The van der Waals surface area contributed by atoms with Crippen molar-refractivity contribution in [3.05, 3.63) is 28.8 Å². The summed E-state index contributed by atoms with van der Waals surface area (Å²) in [5.74, 6) is -0.453. The highest BCUT2D eigenvalue weighted by molar-refractivity contribution is 6.30. The molecule has 1 heterocycles. The first-order valence-corrected chi connectivity index (χ1v) is 7.38. The fourth-order valence-electron chi connectivity index (χ4n) is 2.51. The van der Waals surface area contributed by atoms with Gasteiger partial charge < -0.3 is 15.4 Å². The third-order valence-electron chi connectivity index (χ3n) is 3.68. The van der Waals surface area contributed by atoms with E-state index in [0.29, 0.717) is 5.02 Å². The molecule has 2 rings (SSSR count). The van der Waals surface area contributed by atoms with E-state index >= 15 is 0 Å². The number of rotatable bonds is 4. The van der Waals surface area contributed by atoms with E-state index in [1.807, 2.05) is 11.8 Å². The number of nitrogens with two attached hydrogens (primary N) is 1. The Labute approximate surface area is 129 Å². The van der Waals surface area contributed by atoms with Crippen LogP contribution in [0.15, 0.2) is 18.2 Å². The van der Waals surface area contributed by atoms with Gasteiger partial charge in [-0.1, -0.05) is 11.6 Å². The molecule has 5 nitrogen and oxygen atoms in total. The predicted molar refractivity (Wildman–Crippen MR) is 80.5 cm³/mol. The van der Waals surface area contributed by atoms with Gasteiger partial charge in [0.2, 0.25) is 0 Å². The second kappa shape index (κ2) is 6.80. The quantitative estimate of drug-likeness (QED) is 0.926. The van der Waals surface area contributed by atoms with Crippen LogP contribution in [-0.2, 0) is 4.79 Å². The van der Waals surface area contributed by atoms with E-state index in [-0.39, 0.29) is 29.9 Å². The molecule has 0 radical (unpaired) electrons. The van der Waals surface area contributed by atoms with Crippen LogP contribution in [0.1, 0.15) is 36.5 Å². The summed E-state index contributed by atoms with van der Waals surface area (Å²) in [6, 6.07) is 4.77. The van der Waals surface area contributed by atoms with Crippen LogP contribution in [0.4, 0.5) is 0 Å². The average molecular weight is 311 g/mol. The highest BCUT2D eigenvalue weighted by atomic mass is 35.5. The summed E-state index contributed by atoms with van der Waals surface area (Å²) >= 11 is 5.88. The van der Waals surface area contributed by atoms with Gasteiger partial charge in [-0.25, -0.2) is 0 Å². The lowest BCUT2D eigenvalue weighted by atomic mass is 10.0. The molecule has 1 fully saturated rings. The van der Waals surface area contributed by atoms with Crippen molar-refractivity contribution in [3.8, 4) is 5.75 Å². The van der Waals surface area contributed by atoms with E-state index in [9.17, 15) is 9.59 Å². The van der Waals surface area contributed by atoms with Gasteiger partial charge in [-0.05, 0) is 44.4 Å². The average Bonchev–Trinajstić information content (AvgIpc) is 2.45. The highest BCUT2D eigenvalue weighted by Crippen LogP contribution is 2.23. The normalized spacial score (nSPS) is 18.4. The predicted octanol–water partition coefficient (Wildman–Crippen LogP) is 2.22. The molecule has 21 heavy (non-hydrogen) atoms. The fourth-order valence-corrected chi connectivity index (χ4v) is 2.67. The summed E-state index contributed by atoms with van der Waals surface area (Å²) in [7, 11) is 0. The van der Waals surface area contributed by atoms with Gasteiger partial charge in [-0.15, -0.1) is 0 Å². The Bertz CT molecular complexity index is 548. The monoisotopic (exact) mass is 310 g/mol. The summed E-state index contributed by atoms with van der Waals surface area (Å²) in [5, 5.41) is 0.425. The van der Waals surface area contributed by atoms with Crippen molar-refractivity contribution in [2.24, 2.45) is 5.73 Å². The van der Waals surface area contributed by atoms with E-state index in [4.69, 9.17) is 22.1 Å². The van der Waals surface area contributed by atoms with Crippen LogP contribution < -0.4 is 10.5 Å². The number of benzene rings is 1. The molecule has 1 aromatic rings. The Balaban J connectivity index is 2.04. The highest BCUT2D eigenvalue weighted by Gasteiger charge is 2.23. The summed E-state index contributed by atoms with van der Waals surface area (Å²) in [5.41, 5.74) is 5.50. The molecule has 0 spiro atoms. The van der Waals surface area contributed by atoms with Gasteiger partial charge >= 0.3 is 0 Å². The molecule has 1 aliphatic heterocycles. The summed E-state index contributed by atoms with van der Waals surface area (Å²) in [4.78, 5) is 25.4. The number of halogens is 1. The minimum atomic E-state index is -0.611. The molecule has 1 aromatic carbocycles. The minimum Gasteiger partial charge on any atom is -0.483 e. The molecule has 0 unspecified atom stereocenters. The van der Waals surface area contributed by atoms with Crippen LogP contribution in [0.2, 0.25) is 5.02 Å². The van der Waals surface area contributed by atoms with Crippen molar-refractivity contribution in [2.45, 2.75) is 32.2 Å². The number of hydrogen-bond acceptors (Lipinski definition) is 3. The molecule has 6 heteroatoms. The Morgan fingerprint density at radius 2 is 2.19 bits per heavy atom. The van der Waals surface area contributed by atoms with Gasteiger partial charge in [0.05, 0.1) is 5.56 Å². The fraction of sp³-hybridized carbons (Fsp3) is 0.467. The molecule has 1 atom stereocenters. The third kappa shape index (κ3) is 3.88. The van der Waals surface area contributed by atoms with E-state index in [1.165, 1.54) is 12.1 Å². The molecule has 1 saturated heterocycles. The zero-order valence-corrected chi connectivity index (χ0v) is 12.7. The van der Waals surface area contributed by atoms with Crippen LogP contribution in [0.3, 0.4) is 0 Å². The first-order valence-electron chi connectivity index (χ1n) is 7.00. The largest absolute Gasteiger partial charge is 0.483 e. The second-order valence-electron chi connectivity index (χ2n) is 5.23. The zero-order chi connectivity index (χ0) is 15.4. The lowest BCUT2D eigenvalue weighted by Gasteiger charge is -2.33.